The van der Waals surface area contributed by atoms with Crippen LogP contribution < -0.4 is 0 Å². The van der Waals surface area contributed by atoms with E-state index in [9.17, 15) is 9.90 Å². The molecule has 1 aliphatic rings. The first-order valence-electron chi connectivity index (χ1n) is 4.60. The smallest absolute Gasteiger partial charge is 0.331 e. The summed E-state index contributed by atoms with van der Waals surface area (Å²) in [6.07, 6.45) is 3.14. The number of hydrogen-bond acceptors (Lipinski definition) is 2. The summed E-state index contributed by atoms with van der Waals surface area (Å²) in [5, 5.41) is 18.7. The molecule has 74 valence electrons. The maximum atomic E-state index is 10.6. The van der Waals surface area contributed by atoms with Gasteiger partial charge in [-0.15, -0.1) is 0 Å². The Balaban J connectivity index is 2.70. The van der Waals surface area contributed by atoms with Crippen molar-refractivity contribution in [1.82, 2.24) is 0 Å². The van der Waals surface area contributed by atoms with E-state index in [1.54, 1.807) is 6.08 Å². The summed E-state index contributed by atoms with van der Waals surface area (Å²) in [6, 6.07) is 0. The van der Waals surface area contributed by atoms with Gasteiger partial charge in [-0.25, -0.2) is 4.79 Å². The van der Waals surface area contributed by atoms with Crippen LogP contribution in [0.3, 0.4) is 0 Å². The highest BCUT2D eigenvalue weighted by molar-refractivity contribution is 5.86. The molecule has 1 unspecified atom stereocenters. The minimum absolute atomic E-state index is 0.180. The van der Waals surface area contributed by atoms with Crippen molar-refractivity contribution in [3.05, 3.63) is 11.6 Å². The number of rotatable bonds is 2. The van der Waals surface area contributed by atoms with Gasteiger partial charge >= 0.3 is 5.97 Å². The number of hydrogen-bond donors (Lipinski definition) is 2. The second-order valence-electron chi connectivity index (χ2n) is 4.00. The fourth-order valence-electron chi connectivity index (χ4n) is 1.57. The van der Waals surface area contributed by atoms with Crippen molar-refractivity contribution >= 4 is 5.97 Å². The molecule has 0 fully saturated rings. The van der Waals surface area contributed by atoms with Gasteiger partial charge in [-0.2, -0.15) is 0 Å². The molecule has 0 aromatic carbocycles. The lowest BCUT2D eigenvalue weighted by Gasteiger charge is -2.34. The normalized spacial score (nSPS) is 28.8. The molecule has 0 aliphatic heterocycles. The molecule has 0 aromatic heterocycles. The van der Waals surface area contributed by atoms with Gasteiger partial charge in [0.1, 0.15) is 0 Å². The average molecular weight is 184 g/mol. The van der Waals surface area contributed by atoms with Crippen LogP contribution in [0.25, 0.3) is 0 Å². The van der Waals surface area contributed by atoms with E-state index in [-0.39, 0.29) is 5.92 Å². The molecule has 2 N–H and O–H groups in total. The molecule has 0 heterocycles. The highest BCUT2D eigenvalue weighted by atomic mass is 16.4. The Hall–Kier alpha value is -0.830. The topological polar surface area (TPSA) is 57.5 Å². The molecule has 1 aliphatic carbocycles. The van der Waals surface area contributed by atoms with E-state index in [1.165, 1.54) is 0 Å². The van der Waals surface area contributed by atoms with Crippen molar-refractivity contribution in [3.8, 4) is 0 Å². The molecule has 1 atom stereocenters. The number of carboxylic acids is 1. The lowest BCUT2D eigenvalue weighted by Crippen LogP contribution is -2.36. The van der Waals surface area contributed by atoms with E-state index >= 15 is 0 Å². The second-order valence-corrected chi connectivity index (χ2v) is 4.00. The zero-order chi connectivity index (χ0) is 10.1. The number of carboxylic acid groups (broad SMARTS) is 1. The highest BCUT2D eigenvalue weighted by Crippen LogP contribution is 2.33. The lowest BCUT2D eigenvalue weighted by molar-refractivity contribution is -0.133. The molecular weight excluding hydrogens is 168 g/mol. The van der Waals surface area contributed by atoms with Crippen molar-refractivity contribution in [1.29, 1.82) is 0 Å². The number of aliphatic carboxylic acids is 1. The predicted octanol–water partition coefficient (Wildman–Crippen LogP) is 1.57. The zero-order valence-corrected chi connectivity index (χ0v) is 8.08. The van der Waals surface area contributed by atoms with E-state index in [4.69, 9.17) is 5.11 Å². The van der Waals surface area contributed by atoms with Crippen LogP contribution in [-0.2, 0) is 4.79 Å². The van der Waals surface area contributed by atoms with Gasteiger partial charge in [0, 0.05) is 5.57 Å². The molecule has 0 saturated heterocycles. The fraction of sp³-hybridized carbons (Fsp3) is 0.700. The van der Waals surface area contributed by atoms with Crippen LogP contribution >= 0.6 is 0 Å². The standard InChI is InChI=1S/C10H16O3/c1-7(2)10(13)5-3-8(4-6-10)9(11)12/h3,7,13H,4-6H2,1-2H3,(H,11,12). The summed E-state index contributed by atoms with van der Waals surface area (Å²) in [5.41, 5.74) is -0.260. The Morgan fingerprint density at radius 1 is 1.62 bits per heavy atom. The van der Waals surface area contributed by atoms with Crippen LogP contribution in [0.4, 0.5) is 0 Å². The van der Waals surface area contributed by atoms with Crippen molar-refractivity contribution in [3.63, 3.8) is 0 Å². The second kappa shape index (κ2) is 3.50. The molecule has 0 radical (unpaired) electrons. The third kappa shape index (κ3) is 2.10. The molecule has 0 bridgehead atoms. The van der Waals surface area contributed by atoms with E-state index in [0.717, 1.165) is 0 Å². The summed E-state index contributed by atoms with van der Waals surface area (Å²) in [4.78, 5) is 10.6. The third-order valence-corrected chi connectivity index (χ3v) is 2.88. The van der Waals surface area contributed by atoms with Crippen molar-refractivity contribution in [2.45, 2.75) is 38.7 Å². The van der Waals surface area contributed by atoms with Gasteiger partial charge in [0.2, 0.25) is 0 Å². The molecule has 1 rings (SSSR count). The van der Waals surface area contributed by atoms with Crippen LogP contribution in [-0.4, -0.2) is 21.8 Å². The number of aliphatic hydroxyl groups is 1. The minimum Gasteiger partial charge on any atom is -0.478 e. The van der Waals surface area contributed by atoms with Crippen molar-refractivity contribution < 1.29 is 15.0 Å². The molecule has 13 heavy (non-hydrogen) atoms. The van der Waals surface area contributed by atoms with Crippen LogP contribution in [0.5, 0.6) is 0 Å². The third-order valence-electron chi connectivity index (χ3n) is 2.88. The molecule has 0 saturated carbocycles. The first-order valence-corrected chi connectivity index (χ1v) is 4.60. The Labute approximate surface area is 78.1 Å². The average Bonchev–Trinajstić information content (AvgIpc) is 2.04. The monoisotopic (exact) mass is 184 g/mol. The summed E-state index contributed by atoms with van der Waals surface area (Å²) in [5.74, 6) is -0.676. The molecule has 0 amide bonds. The van der Waals surface area contributed by atoms with E-state index < -0.39 is 11.6 Å². The highest BCUT2D eigenvalue weighted by Gasteiger charge is 2.33. The molecular formula is C10H16O3. The van der Waals surface area contributed by atoms with E-state index in [0.29, 0.717) is 24.8 Å². The first kappa shape index (κ1) is 10.3. The minimum atomic E-state index is -0.856. The Morgan fingerprint density at radius 3 is 2.54 bits per heavy atom. The maximum absolute atomic E-state index is 10.6. The van der Waals surface area contributed by atoms with Crippen LogP contribution in [0.1, 0.15) is 33.1 Å². The zero-order valence-electron chi connectivity index (χ0n) is 8.08. The summed E-state index contributed by atoms with van der Waals surface area (Å²) in [7, 11) is 0. The summed E-state index contributed by atoms with van der Waals surface area (Å²) >= 11 is 0. The first-order chi connectivity index (χ1) is 5.96. The SMILES string of the molecule is CC(C)C1(O)CC=C(C(=O)O)CC1. The summed E-state index contributed by atoms with van der Waals surface area (Å²) < 4.78 is 0. The molecule has 3 heteroatoms. The van der Waals surface area contributed by atoms with Gasteiger partial charge in [-0.1, -0.05) is 19.9 Å². The maximum Gasteiger partial charge on any atom is 0.331 e. The van der Waals surface area contributed by atoms with Crippen molar-refractivity contribution in [2.24, 2.45) is 5.92 Å². The Bertz CT molecular complexity index is 243. The molecule has 3 nitrogen and oxygen atoms in total. The van der Waals surface area contributed by atoms with E-state index in [2.05, 4.69) is 0 Å². The van der Waals surface area contributed by atoms with Gasteiger partial charge < -0.3 is 10.2 Å². The van der Waals surface area contributed by atoms with Crippen LogP contribution in [0.15, 0.2) is 11.6 Å². The Kier molecular flexibility index (Phi) is 2.76. The summed E-state index contributed by atoms with van der Waals surface area (Å²) in [6.45, 7) is 3.92. The quantitative estimate of drug-likeness (QED) is 0.684. The van der Waals surface area contributed by atoms with Gasteiger partial charge in [-0.3, -0.25) is 0 Å². The molecule has 0 spiro atoms. The van der Waals surface area contributed by atoms with Gasteiger partial charge in [0.25, 0.3) is 0 Å². The van der Waals surface area contributed by atoms with Gasteiger partial charge in [0.05, 0.1) is 5.60 Å². The fourth-order valence-corrected chi connectivity index (χ4v) is 1.57. The Morgan fingerprint density at radius 2 is 2.23 bits per heavy atom. The predicted molar refractivity (Wildman–Crippen MR) is 49.4 cm³/mol. The molecule has 0 aromatic rings. The number of carbonyl (C=O) groups is 1. The van der Waals surface area contributed by atoms with Crippen LogP contribution in [0, 0.1) is 5.92 Å². The van der Waals surface area contributed by atoms with Crippen molar-refractivity contribution in [2.75, 3.05) is 0 Å². The van der Waals surface area contributed by atoms with Gasteiger partial charge in [0.15, 0.2) is 0 Å². The largest absolute Gasteiger partial charge is 0.478 e. The van der Waals surface area contributed by atoms with Gasteiger partial charge in [-0.05, 0) is 25.2 Å². The van der Waals surface area contributed by atoms with E-state index in [1.807, 2.05) is 13.8 Å². The van der Waals surface area contributed by atoms with Crippen LogP contribution in [0.2, 0.25) is 0 Å². The lowest BCUT2D eigenvalue weighted by atomic mass is 9.78.